The summed E-state index contributed by atoms with van der Waals surface area (Å²) in [6.07, 6.45) is 7.28. The van der Waals surface area contributed by atoms with Crippen LogP contribution in [0.15, 0.2) is 36.0 Å². The van der Waals surface area contributed by atoms with Gasteiger partial charge in [-0.25, -0.2) is 0 Å². The number of nitrogens with one attached hydrogen (secondary N) is 1. The van der Waals surface area contributed by atoms with Gasteiger partial charge in [-0.3, -0.25) is 9.36 Å². The minimum absolute atomic E-state index is 0.0442. The van der Waals surface area contributed by atoms with Crippen molar-refractivity contribution < 1.29 is 9.53 Å². The highest BCUT2D eigenvalue weighted by molar-refractivity contribution is 7.99. The largest absolute Gasteiger partial charge is 0.482 e. The van der Waals surface area contributed by atoms with Gasteiger partial charge in [-0.1, -0.05) is 48.7 Å². The van der Waals surface area contributed by atoms with E-state index < -0.39 is 0 Å². The molecule has 1 aromatic heterocycles. The molecule has 1 atom stereocenters. The van der Waals surface area contributed by atoms with Crippen LogP contribution in [0, 0.1) is 6.92 Å². The molecule has 1 unspecified atom stereocenters. The van der Waals surface area contributed by atoms with Crippen LogP contribution < -0.4 is 10.1 Å². The average Bonchev–Trinajstić information content (AvgIpc) is 3.12. The van der Waals surface area contributed by atoms with Gasteiger partial charge < -0.3 is 10.1 Å². The highest BCUT2D eigenvalue weighted by Gasteiger charge is 2.21. The summed E-state index contributed by atoms with van der Waals surface area (Å²) in [4.78, 5) is 12.4. The SMILES string of the molecule is C=CCn1c(SCC(=O)NC2CCCCC2)nnc1C(C)Oc1ccc(Cl)cc1C. The zero-order chi connectivity index (χ0) is 21.5. The summed E-state index contributed by atoms with van der Waals surface area (Å²) in [5.41, 5.74) is 0.957. The van der Waals surface area contributed by atoms with E-state index in [0.29, 0.717) is 34.3 Å². The lowest BCUT2D eigenvalue weighted by Crippen LogP contribution is -2.37. The van der Waals surface area contributed by atoms with Crippen LogP contribution in [0.5, 0.6) is 5.75 Å². The first-order valence-electron chi connectivity index (χ1n) is 10.4. The fourth-order valence-electron chi connectivity index (χ4n) is 3.64. The lowest BCUT2D eigenvalue weighted by molar-refractivity contribution is -0.119. The van der Waals surface area contributed by atoms with Gasteiger partial charge in [0.1, 0.15) is 5.75 Å². The van der Waals surface area contributed by atoms with Gasteiger partial charge >= 0.3 is 0 Å². The van der Waals surface area contributed by atoms with Gasteiger partial charge in [0, 0.05) is 17.6 Å². The van der Waals surface area contributed by atoms with E-state index in [1.165, 1.54) is 31.0 Å². The maximum Gasteiger partial charge on any atom is 0.230 e. The third-order valence-electron chi connectivity index (χ3n) is 5.16. The maximum absolute atomic E-state index is 12.4. The molecule has 0 bridgehead atoms. The molecule has 8 heteroatoms. The molecule has 1 heterocycles. The first-order valence-corrected chi connectivity index (χ1v) is 11.7. The van der Waals surface area contributed by atoms with E-state index >= 15 is 0 Å². The standard InChI is InChI=1S/C22H29ClN4O2S/c1-4-12-27-21(16(3)29-19-11-10-17(23)13-15(19)2)25-26-22(27)30-14-20(28)24-18-8-6-5-7-9-18/h4,10-11,13,16,18H,1,5-9,12,14H2,2-3H3,(H,24,28). The molecule has 0 radical (unpaired) electrons. The minimum Gasteiger partial charge on any atom is -0.482 e. The van der Waals surface area contributed by atoms with Crippen LogP contribution in [0.25, 0.3) is 0 Å². The summed E-state index contributed by atoms with van der Waals surface area (Å²) in [5.74, 6) is 1.81. The number of hydrogen-bond donors (Lipinski definition) is 1. The number of nitrogens with zero attached hydrogens (tertiary/aromatic N) is 3. The van der Waals surface area contributed by atoms with Crippen LogP contribution in [-0.2, 0) is 11.3 Å². The number of thioether (sulfide) groups is 1. The first kappa shape index (κ1) is 22.7. The highest BCUT2D eigenvalue weighted by Crippen LogP contribution is 2.28. The normalized spacial score (nSPS) is 15.6. The van der Waals surface area contributed by atoms with Gasteiger partial charge in [0.05, 0.1) is 5.75 Å². The van der Waals surface area contributed by atoms with Crippen LogP contribution in [0.2, 0.25) is 5.02 Å². The van der Waals surface area contributed by atoms with Crippen molar-refractivity contribution in [2.24, 2.45) is 0 Å². The van der Waals surface area contributed by atoms with Crippen molar-refractivity contribution in [3.63, 3.8) is 0 Å². The predicted octanol–water partition coefficient (Wildman–Crippen LogP) is 5.11. The number of halogens is 1. The van der Waals surface area contributed by atoms with E-state index in [9.17, 15) is 4.79 Å². The van der Waals surface area contributed by atoms with Crippen LogP contribution >= 0.6 is 23.4 Å². The second-order valence-electron chi connectivity index (χ2n) is 7.60. The van der Waals surface area contributed by atoms with Crippen molar-refractivity contribution in [1.82, 2.24) is 20.1 Å². The Labute approximate surface area is 187 Å². The summed E-state index contributed by atoms with van der Waals surface area (Å²) < 4.78 is 8.05. The van der Waals surface area contributed by atoms with Gasteiger partial charge in [0.2, 0.25) is 5.91 Å². The van der Waals surface area contributed by atoms with Gasteiger partial charge in [-0.05, 0) is 50.5 Å². The summed E-state index contributed by atoms with van der Waals surface area (Å²) >= 11 is 7.42. The van der Waals surface area contributed by atoms with E-state index in [4.69, 9.17) is 16.3 Å². The predicted molar refractivity (Wildman–Crippen MR) is 121 cm³/mol. The number of carbonyl (C=O) groups excluding carboxylic acids is 1. The third kappa shape index (κ3) is 6.01. The number of benzene rings is 1. The lowest BCUT2D eigenvalue weighted by Gasteiger charge is -2.22. The van der Waals surface area contributed by atoms with Gasteiger partial charge in [0.15, 0.2) is 17.1 Å². The Balaban J connectivity index is 1.64. The molecule has 1 aromatic carbocycles. The molecular weight excluding hydrogens is 420 g/mol. The second-order valence-corrected chi connectivity index (χ2v) is 8.98. The van der Waals surface area contributed by atoms with Gasteiger partial charge in [0.25, 0.3) is 0 Å². The number of aromatic nitrogens is 3. The molecule has 162 valence electrons. The molecule has 1 fully saturated rings. The Morgan fingerprint density at radius 2 is 2.17 bits per heavy atom. The van der Waals surface area contributed by atoms with Crippen molar-refractivity contribution >= 4 is 29.3 Å². The zero-order valence-corrected chi connectivity index (χ0v) is 19.1. The summed E-state index contributed by atoms with van der Waals surface area (Å²) in [6.45, 7) is 8.27. The van der Waals surface area contributed by atoms with Crippen LogP contribution in [-0.4, -0.2) is 32.5 Å². The van der Waals surface area contributed by atoms with E-state index in [0.717, 1.165) is 24.2 Å². The third-order valence-corrected chi connectivity index (χ3v) is 6.37. The Morgan fingerprint density at radius 1 is 1.40 bits per heavy atom. The summed E-state index contributed by atoms with van der Waals surface area (Å²) in [6, 6.07) is 5.83. The smallest absolute Gasteiger partial charge is 0.230 e. The monoisotopic (exact) mass is 448 g/mol. The zero-order valence-electron chi connectivity index (χ0n) is 17.6. The minimum atomic E-state index is -0.317. The molecule has 3 rings (SSSR count). The summed E-state index contributed by atoms with van der Waals surface area (Å²) in [7, 11) is 0. The van der Waals surface area contributed by atoms with Crippen LogP contribution in [0.1, 0.15) is 56.5 Å². The van der Waals surface area contributed by atoms with Gasteiger partial charge in [-0.15, -0.1) is 16.8 Å². The fourth-order valence-corrected chi connectivity index (χ4v) is 4.64. The van der Waals surface area contributed by atoms with E-state index in [-0.39, 0.29) is 12.0 Å². The van der Waals surface area contributed by atoms with E-state index in [1.54, 1.807) is 12.1 Å². The molecule has 1 aliphatic rings. The number of hydrogen-bond acceptors (Lipinski definition) is 5. The fraction of sp³-hybridized carbons (Fsp3) is 0.500. The molecule has 2 aromatic rings. The lowest BCUT2D eigenvalue weighted by atomic mass is 9.95. The molecule has 30 heavy (non-hydrogen) atoms. The second kappa shape index (κ2) is 10.9. The maximum atomic E-state index is 12.4. The Kier molecular flexibility index (Phi) is 8.22. The average molecular weight is 449 g/mol. The quantitative estimate of drug-likeness (QED) is 0.426. The van der Waals surface area contributed by atoms with E-state index in [2.05, 4.69) is 22.1 Å². The Morgan fingerprint density at radius 3 is 2.87 bits per heavy atom. The van der Waals surface area contributed by atoms with E-state index in [1.807, 2.05) is 30.5 Å². The van der Waals surface area contributed by atoms with Crippen molar-refractivity contribution in [3.8, 4) is 5.75 Å². The molecule has 1 saturated carbocycles. The Bertz CT molecular complexity index is 880. The Hall–Kier alpha value is -1.99. The van der Waals surface area contributed by atoms with Crippen molar-refractivity contribution in [3.05, 3.63) is 47.3 Å². The number of allylic oxidation sites excluding steroid dienone is 1. The first-order chi connectivity index (χ1) is 14.5. The number of rotatable bonds is 9. The van der Waals surface area contributed by atoms with Crippen molar-refractivity contribution in [1.29, 1.82) is 0 Å². The number of ether oxygens (including phenoxy) is 1. The molecule has 0 aliphatic heterocycles. The van der Waals surface area contributed by atoms with Crippen LogP contribution in [0.3, 0.4) is 0 Å². The molecule has 0 saturated heterocycles. The summed E-state index contributed by atoms with van der Waals surface area (Å²) in [5, 5.41) is 13.1. The molecule has 1 aliphatic carbocycles. The topological polar surface area (TPSA) is 69.0 Å². The molecule has 6 nitrogen and oxygen atoms in total. The number of carbonyl (C=O) groups is 1. The van der Waals surface area contributed by atoms with Crippen molar-refractivity contribution in [2.45, 2.75) is 69.8 Å². The molecular formula is C22H29ClN4O2S. The molecule has 1 N–H and O–H groups in total. The van der Waals surface area contributed by atoms with Gasteiger partial charge in [-0.2, -0.15) is 0 Å². The number of aryl methyl sites for hydroxylation is 1. The van der Waals surface area contributed by atoms with Crippen LogP contribution in [0.4, 0.5) is 0 Å². The highest BCUT2D eigenvalue weighted by atomic mass is 35.5. The van der Waals surface area contributed by atoms with Crippen molar-refractivity contribution in [2.75, 3.05) is 5.75 Å². The number of amides is 1. The molecule has 0 spiro atoms. The molecule has 1 amide bonds.